The number of ketones is 1. The predicted molar refractivity (Wildman–Crippen MR) is 73.2 cm³/mol. The molecule has 6 heteroatoms. The zero-order valence-electron chi connectivity index (χ0n) is 10.9. The van der Waals surface area contributed by atoms with Crippen LogP contribution >= 0.6 is 0 Å². The van der Waals surface area contributed by atoms with Crippen LogP contribution in [0.2, 0.25) is 0 Å². The van der Waals surface area contributed by atoms with Gasteiger partial charge in [-0.2, -0.15) is 5.26 Å². The van der Waals surface area contributed by atoms with E-state index in [1.54, 1.807) is 12.1 Å². The molecule has 0 aliphatic carbocycles. The minimum absolute atomic E-state index is 0.0165. The topological polar surface area (TPSA) is 84.7 Å². The number of hydrogen-bond acceptors (Lipinski definition) is 5. The summed E-state index contributed by atoms with van der Waals surface area (Å²) >= 11 is 0. The van der Waals surface area contributed by atoms with Gasteiger partial charge in [0.05, 0.1) is 12.3 Å². The van der Waals surface area contributed by atoms with Crippen LogP contribution in [-0.2, 0) is 6.54 Å². The third kappa shape index (κ3) is 2.32. The molecule has 0 unspecified atom stereocenters. The number of aromatic nitrogens is 3. The van der Waals surface area contributed by atoms with Crippen LogP contribution in [0, 0.1) is 11.3 Å². The first-order valence-corrected chi connectivity index (χ1v) is 6.25. The van der Waals surface area contributed by atoms with Crippen LogP contribution in [-0.4, -0.2) is 20.8 Å². The molecule has 0 fully saturated rings. The summed E-state index contributed by atoms with van der Waals surface area (Å²) in [7, 11) is 0. The molecule has 102 valence electrons. The van der Waals surface area contributed by atoms with Crippen molar-refractivity contribution < 1.29 is 9.21 Å². The summed E-state index contributed by atoms with van der Waals surface area (Å²) < 4.78 is 6.53. The number of rotatable bonds is 4. The van der Waals surface area contributed by atoms with Gasteiger partial charge in [-0.15, -0.1) is 5.10 Å². The quantitative estimate of drug-likeness (QED) is 0.683. The normalized spacial score (nSPS) is 10.2. The molecule has 0 N–H and O–H groups in total. The van der Waals surface area contributed by atoms with E-state index in [4.69, 9.17) is 9.68 Å². The number of carbonyl (C=O) groups is 1. The largest absolute Gasteiger partial charge is 0.461 e. The maximum Gasteiger partial charge on any atom is 0.250 e. The zero-order chi connectivity index (χ0) is 14.7. The average molecular weight is 278 g/mol. The number of furan rings is 1. The molecule has 21 heavy (non-hydrogen) atoms. The van der Waals surface area contributed by atoms with Gasteiger partial charge in [-0.1, -0.05) is 35.5 Å². The SMILES string of the molecule is N#CCn1nnc(C(=O)c2ccco2)c1-c1ccccc1. The number of carbonyl (C=O) groups excluding carboxylic acids is 1. The first kappa shape index (κ1) is 12.8. The predicted octanol–water partition coefficient (Wildman–Crippen LogP) is 2.29. The number of hydrogen-bond donors (Lipinski definition) is 0. The number of nitriles is 1. The fraction of sp³-hybridized carbons (Fsp3) is 0.0667. The second-order valence-corrected chi connectivity index (χ2v) is 4.27. The van der Waals surface area contributed by atoms with Crippen molar-refractivity contribution in [2.24, 2.45) is 0 Å². The van der Waals surface area contributed by atoms with Gasteiger partial charge in [0.1, 0.15) is 12.2 Å². The third-order valence-corrected chi connectivity index (χ3v) is 2.96. The zero-order valence-corrected chi connectivity index (χ0v) is 10.9. The van der Waals surface area contributed by atoms with Gasteiger partial charge in [-0.05, 0) is 12.1 Å². The maximum absolute atomic E-state index is 12.4. The fourth-order valence-electron chi connectivity index (χ4n) is 2.05. The number of benzene rings is 1. The highest BCUT2D eigenvalue weighted by Crippen LogP contribution is 2.24. The van der Waals surface area contributed by atoms with Gasteiger partial charge in [-0.25, -0.2) is 4.68 Å². The van der Waals surface area contributed by atoms with Crippen molar-refractivity contribution in [2.45, 2.75) is 6.54 Å². The Morgan fingerprint density at radius 2 is 2.05 bits per heavy atom. The lowest BCUT2D eigenvalue weighted by Gasteiger charge is -2.04. The first-order chi connectivity index (χ1) is 10.3. The molecule has 0 aliphatic heterocycles. The molecule has 2 aromatic heterocycles. The summed E-state index contributed by atoms with van der Waals surface area (Å²) in [5.41, 5.74) is 1.46. The maximum atomic E-state index is 12.4. The van der Waals surface area contributed by atoms with Gasteiger partial charge in [0.2, 0.25) is 0 Å². The lowest BCUT2D eigenvalue weighted by molar-refractivity contribution is 0.100. The van der Waals surface area contributed by atoms with Crippen molar-refractivity contribution in [3.8, 4) is 17.3 Å². The highest BCUT2D eigenvalue weighted by atomic mass is 16.3. The lowest BCUT2D eigenvalue weighted by atomic mass is 10.1. The van der Waals surface area contributed by atoms with Crippen LogP contribution in [0.25, 0.3) is 11.3 Å². The minimum atomic E-state index is -0.358. The molecule has 3 rings (SSSR count). The van der Waals surface area contributed by atoms with E-state index in [1.807, 2.05) is 36.4 Å². The summed E-state index contributed by atoms with van der Waals surface area (Å²) in [6.07, 6.45) is 1.43. The smallest absolute Gasteiger partial charge is 0.250 e. The molecule has 0 saturated heterocycles. The molecule has 3 aromatic rings. The second-order valence-electron chi connectivity index (χ2n) is 4.27. The van der Waals surface area contributed by atoms with Crippen LogP contribution in [0.4, 0.5) is 0 Å². The number of nitrogens with zero attached hydrogens (tertiary/aromatic N) is 4. The summed E-state index contributed by atoms with van der Waals surface area (Å²) in [4.78, 5) is 12.4. The second kappa shape index (κ2) is 5.43. The molecule has 0 aliphatic rings. The average Bonchev–Trinajstić information content (AvgIpc) is 3.17. The van der Waals surface area contributed by atoms with E-state index in [0.717, 1.165) is 5.56 Å². The Bertz CT molecular complexity index is 798. The molecule has 0 spiro atoms. The monoisotopic (exact) mass is 278 g/mol. The lowest BCUT2D eigenvalue weighted by Crippen LogP contribution is -2.05. The Morgan fingerprint density at radius 3 is 2.71 bits per heavy atom. The van der Waals surface area contributed by atoms with E-state index < -0.39 is 0 Å². The molecular formula is C15H10N4O2. The standard InChI is InChI=1S/C15H10N4O2/c16-8-9-19-14(11-5-2-1-3-6-11)13(17-18-19)15(20)12-7-4-10-21-12/h1-7,10H,9H2. The highest BCUT2D eigenvalue weighted by molar-refractivity contribution is 6.09. The molecular weight excluding hydrogens is 268 g/mol. The molecule has 2 heterocycles. The van der Waals surface area contributed by atoms with Crippen molar-refractivity contribution in [1.29, 1.82) is 5.26 Å². The summed E-state index contributed by atoms with van der Waals surface area (Å²) in [5.74, 6) is -0.167. The van der Waals surface area contributed by atoms with E-state index in [2.05, 4.69) is 10.3 Å². The summed E-state index contributed by atoms with van der Waals surface area (Å²) in [6.45, 7) is 0.0165. The Morgan fingerprint density at radius 1 is 1.24 bits per heavy atom. The van der Waals surface area contributed by atoms with E-state index in [-0.39, 0.29) is 23.8 Å². The van der Waals surface area contributed by atoms with E-state index in [9.17, 15) is 4.79 Å². The Hall–Kier alpha value is -3.20. The van der Waals surface area contributed by atoms with Gasteiger partial charge < -0.3 is 4.42 Å². The van der Waals surface area contributed by atoms with Gasteiger partial charge >= 0.3 is 0 Å². The van der Waals surface area contributed by atoms with Crippen LogP contribution in [0.3, 0.4) is 0 Å². The Balaban J connectivity index is 2.14. The van der Waals surface area contributed by atoms with Crippen molar-refractivity contribution in [2.75, 3.05) is 0 Å². The van der Waals surface area contributed by atoms with Crippen molar-refractivity contribution in [3.63, 3.8) is 0 Å². The van der Waals surface area contributed by atoms with Gasteiger partial charge in [0, 0.05) is 5.56 Å². The van der Waals surface area contributed by atoms with E-state index in [0.29, 0.717) is 5.69 Å². The fourth-order valence-corrected chi connectivity index (χ4v) is 2.05. The van der Waals surface area contributed by atoms with Crippen LogP contribution in [0.5, 0.6) is 0 Å². The molecule has 1 aromatic carbocycles. The Kier molecular flexibility index (Phi) is 3.31. The Labute approximate surface area is 120 Å². The third-order valence-electron chi connectivity index (χ3n) is 2.96. The molecule has 0 amide bonds. The highest BCUT2D eigenvalue weighted by Gasteiger charge is 2.23. The van der Waals surface area contributed by atoms with Crippen molar-refractivity contribution in [3.05, 3.63) is 60.2 Å². The van der Waals surface area contributed by atoms with Crippen LogP contribution in [0.1, 0.15) is 16.2 Å². The molecule has 0 bridgehead atoms. The summed E-state index contributed by atoms with van der Waals surface area (Å²) in [5, 5.41) is 16.7. The van der Waals surface area contributed by atoms with Crippen molar-refractivity contribution >= 4 is 5.78 Å². The minimum Gasteiger partial charge on any atom is -0.461 e. The first-order valence-electron chi connectivity index (χ1n) is 6.25. The van der Waals surface area contributed by atoms with Gasteiger partial charge in [0.15, 0.2) is 11.5 Å². The molecule has 0 saturated carbocycles. The van der Waals surface area contributed by atoms with Crippen molar-refractivity contribution in [1.82, 2.24) is 15.0 Å². The molecule has 0 radical (unpaired) electrons. The van der Waals surface area contributed by atoms with Gasteiger partial charge in [0.25, 0.3) is 5.78 Å². The van der Waals surface area contributed by atoms with E-state index >= 15 is 0 Å². The van der Waals surface area contributed by atoms with Crippen LogP contribution < -0.4 is 0 Å². The molecule has 6 nitrogen and oxygen atoms in total. The molecule has 0 atom stereocenters. The summed E-state index contributed by atoms with van der Waals surface area (Å²) in [6, 6.07) is 14.5. The van der Waals surface area contributed by atoms with Crippen LogP contribution in [0.15, 0.2) is 53.1 Å². The van der Waals surface area contributed by atoms with E-state index in [1.165, 1.54) is 10.9 Å². The van der Waals surface area contributed by atoms with Gasteiger partial charge in [-0.3, -0.25) is 4.79 Å².